The SMILES string of the molecule is C#CCn1nnc(C2=CC(CCN3CCC=C(c4cnn(CC)n4)C3)CNC2)n1. The van der Waals surface area contributed by atoms with E-state index in [9.17, 15) is 0 Å². The number of nitrogens with zero attached hydrogens (tertiary/aromatic N) is 8. The molecule has 0 aliphatic carbocycles. The molecule has 0 spiro atoms. The van der Waals surface area contributed by atoms with E-state index in [1.807, 2.05) is 6.20 Å². The van der Waals surface area contributed by atoms with Crippen LogP contribution in [0.2, 0.25) is 0 Å². The minimum Gasteiger partial charge on any atom is -0.312 e. The molecule has 9 heteroatoms. The number of terminal acetylenes is 1. The maximum Gasteiger partial charge on any atom is 0.201 e. The molecule has 29 heavy (non-hydrogen) atoms. The van der Waals surface area contributed by atoms with Crippen LogP contribution in [0.15, 0.2) is 18.3 Å². The molecule has 2 aliphatic heterocycles. The highest BCUT2D eigenvalue weighted by Crippen LogP contribution is 2.22. The molecule has 1 N–H and O–H groups in total. The predicted molar refractivity (Wildman–Crippen MR) is 110 cm³/mol. The fourth-order valence-electron chi connectivity index (χ4n) is 3.78. The lowest BCUT2D eigenvalue weighted by Gasteiger charge is -2.29. The summed E-state index contributed by atoms with van der Waals surface area (Å²) < 4.78 is 0. The maximum atomic E-state index is 5.31. The monoisotopic (exact) mass is 393 g/mol. The molecular weight excluding hydrogens is 366 g/mol. The van der Waals surface area contributed by atoms with E-state index in [1.165, 1.54) is 10.4 Å². The van der Waals surface area contributed by atoms with Crippen molar-refractivity contribution in [3.8, 4) is 12.3 Å². The Morgan fingerprint density at radius 1 is 1.28 bits per heavy atom. The first-order valence-corrected chi connectivity index (χ1v) is 10.2. The maximum absolute atomic E-state index is 5.31. The molecule has 2 aromatic rings. The van der Waals surface area contributed by atoms with E-state index in [2.05, 4.69) is 60.8 Å². The standard InChI is InChI=1S/C20H27N9/c1-3-8-29-25-20(23-26-29)18-11-16(12-21-13-18)7-10-27-9-5-6-17(15-27)19-14-22-28(4-2)24-19/h1,6,11,14,16,21H,4-5,7-10,12-13,15H2,2H3. The third kappa shape index (κ3) is 4.78. The van der Waals surface area contributed by atoms with E-state index in [0.29, 0.717) is 18.3 Å². The molecule has 9 nitrogen and oxygen atoms in total. The zero-order valence-corrected chi connectivity index (χ0v) is 16.8. The molecule has 2 aliphatic rings. The Morgan fingerprint density at radius 2 is 2.21 bits per heavy atom. The summed E-state index contributed by atoms with van der Waals surface area (Å²) in [6.45, 7) is 8.00. The van der Waals surface area contributed by atoms with Crippen LogP contribution in [0.3, 0.4) is 0 Å². The smallest absolute Gasteiger partial charge is 0.201 e. The molecule has 4 heterocycles. The van der Waals surface area contributed by atoms with E-state index < -0.39 is 0 Å². The summed E-state index contributed by atoms with van der Waals surface area (Å²) in [5, 5.41) is 24.9. The fraction of sp³-hybridized carbons (Fsp3) is 0.550. The summed E-state index contributed by atoms with van der Waals surface area (Å²) in [4.78, 5) is 5.70. The summed E-state index contributed by atoms with van der Waals surface area (Å²) in [6, 6.07) is 0. The minimum atomic E-state index is 0.341. The average molecular weight is 393 g/mol. The summed E-state index contributed by atoms with van der Waals surface area (Å²) >= 11 is 0. The van der Waals surface area contributed by atoms with Crippen LogP contribution in [0.1, 0.15) is 31.3 Å². The van der Waals surface area contributed by atoms with Gasteiger partial charge in [0, 0.05) is 31.8 Å². The number of nitrogens with one attached hydrogen (secondary N) is 1. The van der Waals surface area contributed by atoms with Gasteiger partial charge in [0.05, 0.1) is 12.7 Å². The Hall–Kier alpha value is -2.83. The number of aromatic nitrogens is 7. The molecular formula is C20H27N9. The van der Waals surface area contributed by atoms with Crippen molar-refractivity contribution in [3.63, 3.8) is 0 Å². The number of hydrogen-bond acceptors (Lipinski definition) is 7. The molecule has 0 aromatic carbocycles. The molecule has 0 saturated heterocycles. The number of aryl methyl sites for hydroxylation is 1. The Kier molecular flexibility index (Phi) is 6.12. The molecule has 0 amide bonds. The van der Waals surface area contributed by atoms with Crippen molar-refractivity contribution >= 4 is 11.1 Å². The highest BCUT2D eigenvalue weighted by molar-refractivity contribution is 5.64. The van der Waals surface area contributed by atoms with Gasteiger partial charge in [-0.15, -0.1) is 16.6 Å². The van der Waals surface area contributed by atoms with Crippen molar-refractivity contribution in [1.82, 2.24) is 45.4 Å². The molecule has 0 radical (unpaired) electrons. The lowest BCUT2D eigenvalue weighted by molar-refractivity contribution is 0.284. The molecule has 0 bridgehead atoms. The van der Waals surface area contributed by atoms with Gasteiger partial charge >= 0.3 is 0 Å². The average Bonchev–Trinajstić information content (AvgIpc) is 3.43. The van der Waals surface area contributed by atoms with Gasteiger partial charge in [-0.1, -0.05) is 18.1 Å². The molecule has 0 fully saturated rings. The number of tetrazole rings is 1. The lowest BCUT2D eigenvalue weighted by Crippen LogP contribution is -2.34. The Bertz CT molecular complexity index is 930. The zero-order valence-electron chi connectivity index (χ0n) is 16.8. The quantitative estimate of drug-likeness (QED) is 0.693. The summed E-state index contributed by atoms with van der Waals surface area (Å²) in [7, 11) is 0. The van der Waals surface area contributed by atoms with Crippen molar-refractivity contribution in [2.45, 2.75) is 32.9 Å². The second-order valence-electron chi connectivity index (χ2n) is 7.43. The Labute approximate surface area is 170 Å². The fourth-order valence-corrected chi connectivity index (χ4v) is 3.78. The van der Waals surface area contributed by atoms with Crippen LogP contribution >= 0.6 is 0 Å². The lowest BCUT2D eigenvalue weighted by atomic mass is 9.97. The van der Waals surface area contributed by atoms with Crippen molar-refractivity contribution < 1.29 is 0 Å². The van der Waals surface area contributed by atoms with Crippen LogP contribution in [-0.4, -0.2) is 72.8 Å². The third-order valence-electron chi connectivity index (χ3n) is 5.33. The van der Waals surface area contributed by atoms with Crippen LogP contribution in [0.5, 0.6) is 0 Å². The second-order valence-corrected chi connectivity index (χ2v) is 7.43. The van der Waals surface area contributed by atoms with Crippen molar-refractivity contribution in [3.05, 3.63) is 29.9 Å². The highest BCUT2D eigenvalue weighted by Gasteiger charge is 2.20. The largest absolute Gasteiger partial charge is 0.312 e. The summed E-state index contributed by atoms with van der Waals surface area (Å²) in [5.74, 6) is 3.65. The van der Waals surface area contributed by atoms with Gasteiger partial charge < -0.3 is 5.32 Å². The molecule has 1 atom stereocenters. The van der Waals surface area contributed by atoms with E-state index in [0.717, 1.165) is 63.4 Å². The molecule has 1 unspecified atom stereocenters. The Morgan fingerprint density at radius 3 is 3.03 bits per heavy atom. The van der Waals surface area contributed by atoms with Crippen LogP contribution in [-0.2, 0) is 13.1 Å². The first-order valence-electron chi connectivity index (χ1n) is 10.2. The van der Waals surface area contributed by atoms with E-state index in [4.69, 9.17) is 6.42 Å². The third-order valence-corrected chi connectivity index (χ3v) is 5.33. The molecule has 0 saturated carbocycles. The molecule has 152 valence electrons. The van der Waals surface area contributed by atoms with Gasteiger partial charge in [-0.05, 0) is 43.0 Å². The van der Waals surface area contributed by atoms with Gasteiger partial charge in [0.15, 0.2) is 0 Å². The van der Waals surface area contributed by atoms with E-state index in [-0.39, 0.29) is 0 Å². The van der Waals surface area contributed by atoms with Gasteiger partial charge in [0.2, 0.25) is 5.82 Å². The van der Waals surface area contributed by atoms with Gasteiger partial charge in [-0.3, -0.25) is 4.90 Å². The van der Waals surface area contributed by atoms with Crippen LogP contribution < -0.4 is 5.32 Å². The van der Waals surface area contributed by atoms with Gasteiger partial charge in [0.1, 0.15) is 12.2 Å². The predicted octanol–water partition coefficient (Wildman–Crippen LogP) is 0.700. The highest BCUT2D eigenvalue weighted by atomic mass is 15.6. The summed E-state index contributed by atoms with van der Waals surface area (Å²) in [5.41, 5.74) is 3.38. The molecule has 2 aromatic heterocycles. The first kappa shape index (κ1) is 19.5. The number of hydrogen-bond donors (Lipinski definition) is 1. The van der Waals surface area contributed by atoms with Crippen LogP contribution in [0.4, 0.5) is 0 Å². The van der Waals surface area contributed by atoms with Crippen molar-refractivity contribution in [1.29, 1.82) is 0 Å². The van der Waals surface area contributed by atoms with Crippen LogP contribution in [0, 0.1) is 18.3 Å². The minimum absolute atomic E-state index is 0.341. The molecule has 4 rings (SSSR count). The van der Waals surface area contributed by atoms with Crippen LogP contribution in [0.25, 0.3) is 11.1 Å². The summed E-state index contributed by atoms with van der Waals surface area (Å²) in [6.07, 6.45) is 13.9. The van der Waals surface area contributed by atoms with E-state index in [1.54, 1.807) is 4.80 Å². The van der Waals surface area contributed by atoms with Gasteiger partial charge in [-0.25, -0.2) is 0 Å². The van der Waals surface area contributed by atoms with Crippen molar-refractivity contribution in [2.75, 3.05) is 32.7 Å². The normalized spacial score (nSPS) is 20.2. The van der Waals surface area contributed by atoms with Gasteiger partial charge in [0.25, 0.3) is 0 Å². The Balaban J connectivity index is 1.33. The zero-order chi connectivity index (χ0) is 20.1. The van der Waals surface area contributed by atoms with Gasteiger partial charge in [-0.2, -0.15) is 19.8 Å². The van der Waals surface area contributed by atoms with Crippen molar-refractivity contribution in [2.24, 2.45) is 5.92 Å². The topological polar surface area (TPSA) is 89.6 Å². The second kappa shape index (κ2) is 9.11. The number of rotatable bonds is 7. The first-order chi connectivity index (χ1) is 14.2. The van der Waals surface area contributed by atoms with E-state index >= 15 is 0 Å².